The first-order chi connectivity index (χ1) is 9.95. The van der Waals surface area contributed by atoms with E-state index in [1.807, 2.05) is 19.9 Å². The minimum atomic E-state index is -0.416. The maximum atomic E-state index is 13.8. The Bertz CT molecular complexity index is 628. The lowest BCUT2D eigenvalue weighted by atomic mass is 10.2. The zero-order chi connectivity index (χ0) is 15.4. The standard InChI is InChI=1S/C17H20FNOS/c1-11(2)20-16-9-17(15(19)8-14(16)18)21-10-13-6-4-5-12(3)7-13/h4-9,11H,10,19H2,1-3H3. The van der Waals surface area contributed by atoms with Gasteiger partial charge in [-0.25, -0.2) is 4.39 Å². The van der Waals surface area contributed by atoms with Crippen LogP contribution in [0.5, 0.6) is 5.75 Å². The third kappa shape index (κ3) is 4.39. The lowest BCUT2D eigenvalue weighted by Crippen LogP contribution is -2.07. The Balaban J connectivity index is 2.15. The molecule has 0 aliphatic rings. The number of thioether (sulfide) groups is 1. The fraction of sp³-hybridized carbons (Fsp3) is 0.294. The Morgan fingerprint density at radius 3 is 2.67 bits per heavy atom. The van der Waals surface area contributed by atoms with Gasteiger partial charge in [-0.05, 0) is 32.4 Å². The van der Waals surface area contributed by atoms with Gasteiger partial charge in [0.05, 0.1) is 6.10 Å². The monoisotopic (exact) mass is 305 g/mol. The molecule has 0 amide bonds. The molecule has 0 spiro atoms. The van der Waals surface area contributed by atoms with Crippen LogP contribution in [-0.2, 0) is 5.75 Å². The van der Waals surface area contributed by atoms with Crippen molar-refractivity contribution in [3.8, 4) is 5.75 Å². The molecule has 0 aliphatic heterocycles. The summed E-state index contributed by atoms with van der Waals surface area (Å²) in [4.78, 5) is 0.841. The summed E-state index contributed by atoms with van der Waals surface area (Å²) < 4.78 is 19.3. The van der Waals surface area contributed by atoms with Crippen molar-refractivity contribution in [2.45, 2.75) is 37.5 Å². The van der Waals surface area contributed by atoms with Crippen molar-refractivity contribution in [3.05, 3.63) is 53.3 Å². The summed E-state index contributed by atoms with van der Waals surface area (Å²) in [5.41, 5.74) is 8.79. The third-order valence-electron chi connectivity index (χ3n) is 2.90. The highest BCUT2D eigenvalue weighted by Crippen LogP contribution is 2.34. The number of aryl methyl sites for hydroxylation is 1. The van der Waals surface area contributed by atoms with Crippen molar-refractivity contribution >= 4 is 17.4 Å². The largest absolute Gasteiger partial charge is 0.488 e. The predicted octanol–water partition coefficient (Wildman–Crippen LogP) is 4.80. The summed E-state index contributed by atoms with van der Waals surface area (Å²) in [6.45, 7) is 5.81. The molecule has 0 heterocycles. The molecule has 0 radical (unpaired) electrons. The van der Waals surface area contributed by atoms with E-state index in [1.54, 1.807) is 17.8 Å². The van der Waals surface area contributed by atoms with Crippen molar-refractivity contribution in [2.75, 3.05) is 5.73 Å². The second-order valence-electron chi connectivity index (χ2n) is 5.26. The van der Waals surface area contributed by atoms with E-state index in [0.29, 0.717) is 5.69 Å². The smallest absolute Gasteiger partial charge is 0.167 e. The van der Waals surface area contributed by atoms with Gasteiger partial charge in [0.25, 0.3) is 0 Å². The lowest BCUT2D eigenvalue weighted by molar-refractivity contribution is 0.230. The number of nitrogen functional groups attached to an aromatic ring is 1. The van der Waals surface area contributed by atoms with Gasteiger partial charge in [-0.1, -0.05) is 29.8 Å². The minimum absolute atomic E-state index is 0.0715. The van der Waals surface area contributed by atoms with Gasteiger partial charge in [-0.3, -0.25) is 0 Å². The van der Waals surface area contributed by atoms with Crippen molar-refractivity contribution in [1.82, 2.24) is 0 Å². The molecule has 0 saturated carbocycles. The molecule has 0 bridgehead atoms. The zero-order valence-corrected chi connectivity index (χ0v) is 13.3. The SMILES string of the molecule is Cc1cccc(CSc2cc(OC(C)C)c(F)cc2N)c1. The average molecular weight is 305 g/mol. The van der Waals surface area contributed by atoms with Gasteiger partial charge >= 0.3 is 0 Å². The molecule has 112 valence electrons. The van der Waals surface area contributed by atoms with Gasteiger partial charge in [0.2, 0.25) is 0 Å². The maximum Gasteiger partial charge on any atom is 0.167 e. The number of nitrogens with two attached hydrogens (primary N) is 1. The summed E-state index contributed by atoms with van der Waals surface area (Å²) in [6.07, 6.45) is -0.0715. The van der Waals surface area contributed by atoms with Gasteiger partial charge < -0.3 is 10.5 Å². The highest BCUT2D eigenvalue weighted by molar-refractivity contribution is 7.98. The van der Waals surface area contributed by atoms with Crippen molar-refractivity contribution in [2.24, 2.45) is 0 Å². The Labute approximate surface area is 129 Å². The quantitative estimate of drug-likeness (QED) is 0.637. The number of hydrogen-bond acceptors (Lipinski definition) is 3. The molecule has 0 aliphatic carbocycles. The van der Waals surface area contributed by atoms with Crippen LogP contribution >= 0.6 is 11.8 Å². The maximum absolute atomic E-state index is 13.8. The van der Waals surface area contributed by atoms with Gasteiger partial charge in [-0.15, -0.1) is 11.8 Å². The molecule has 0 atom stereocenters. The van der Waals surface area contributed by atoms with Crippen molar-refractivity contribution in [1.29, 1.82) is 0 Å². The fourth-order valence-electron chi connectivity index (χ4n) is 1.98. The van der Waals surface area contributed by atoms with E-state index in [2.05, 4.69) is 25.1 Å². The molecular formula is C17H20FNOS. The van der Waals surface area contributed by atoms with Crippen LogP contribution in [0.15, 0.2) is 41.3 Å². The first kappa shape index (κ1) is 15.7. The van der Waals surface area contributed by atoms with E-state index in [1.165, 1.54) is 17.2 Å². The Kier molecular flexibility index (Phi) is 5.12. The van der Waals surface area contributed by atoms with Crippen LogP contribution in [0.2, 0.25) is 0 Å². The van der Waals surface area contributed by atoms with E-state index in [-0.39, 0.29) is 11.9 Å². The van der Waals surface area contributed by atoms with E-state index in [0.717, 1.165) is 10.6 Å². The highest BCUT2D eigenvalue weighted by Gasteiger charge is 2.11. The highest BCUT2D eigenvalue weighted by atomic mass is 32.2. The molecule has 0 aromatic heterocycles. The average Bonchev–Trinajstić information content (AvgIpc) is 2.40. The molecule has 0 fully saturated rings. The molecule has 2 aromatic carbocycles. The molecule has 2 nitrogen and oxygen atoms in total. The predicted molar refractivity (Wildman–Crippen MR) is 87.3 cm³/mol. The van der Waals surface area contributed by atoms with Gasteiger partial charge in [0.15, 0.2) is 11.6 Å². The number of benzene rings is 2. The fourth-order valence-corrected chi connectivity index (χ4v) is 2.90. The van der Waals surface area contributed by atoms with Crippen LogP contribution in [0.25, 0.3) is 0 Å². The number of rotatable bonds is 5. The molecule has 2 N–H and O–H groups in total. The topological polar surface area (TPSA) is 35.2 Å². The first-order valence-corrected chi connectivity index (χ1v) is 7.88. The molecule has 2 aromatic rings. The van der Waals surface area contributed by atoms with E-state index in [4.69, 9.17) is 10.5 Å². The lowest BCUT2D eigenvalue weighted by Gasteiger charge is -2.13. The van der Waals surface area contributed by atoms with E-state index >= 15 is 0 Å². The summed E-state index contributed by atoms with van der Waals surface area (Å²) in [5.74, 6) is 0.630. The second kappa shape index (κ2) is 6.85. The first-order valence-electron chi connectivity index (χ1n) is 6.89. The van der Waals surface area contributed by atoms with Gasteiger partial charge in [0.1, 0.15) is 0 Å². The number of halogens is 1. The minimum Gasteiger partial charge on any atom is -0.488 e. The number of ether oxygens (including phenoxy) is 1. The normalized spacial score (nSPS) is 10.9. The number of hydrogen-bond donors (Lipinski definition) is 1. The van der Waals surface area contributed by atoms with Crippen molar-refractivity contribution < 1.29 is 9.13 Å². The van der Waals surface area contributed by atoms with Crippen LogP contribution in [0, 0.1) is 12.7 Å². The van der Waals surface area contributed by atoms with Crippen LogP contribution < -0.4 is 10.5 Å². The summed E-state index contributed by atoms with van der Waals surface area (Å²) in [6, 6.07) is 11.3. The molecular weight excluding hydrogens is 285 g/mol. The number of anilines is 1. The molecule has 0 saturated heterocycles. The molecule has 2 rings (SSSR count). The van der Waals surface area contributed by atoms with E-state index in [9.17, 15) is 4.39 Å². The Morgan fingerprint density at radius 2 is 2.00 bits per heavy atom. The second-order valence-corrected chi connectivity index (χ2v) is 6.28. The molecule has 0 unspecified atom stereocenters. The van der Waals surface area contributed by atoms with E-state index < -0.39 is 5.82 Å². The van der Waals surface area contributed by atoms with Crippen LogP contribution in [0.3, 0.4) is 0 Å². The summed E-state index contributed by atoms with van der Waals surface area (Å²) >= 11 is 1.59. The van der Waals surface area contributed by atoms with Gasteiger partial charge in [0, 0.05) is 22.4 Å². The van der Waals surface area contributed by atoms with Crippen LogP contribution in [-0.4, -0.2) is 6.10 Å². The van der Waals surface area contributed by atoms with Crippen LogP contribution in [0.4, 0.5) is 10.1 Å². The third-order valence-corrected chi connectivity index (χ3v) is 4.05. The Morgan fingerprint density at radius 1 is 1.24 bits per heavy atom. The summed E-state index contributed by atoms with van der Waals surface area (Å²) in [5, 5.41) is 0. The van der Waals surface area contributed by atoms with Crippen molar-refractivity contribution in [3.63, 3.8) is 0 Å². The molecule has 4 heteroatoms. The summed E-state index contributed by atoms with van der Waals surface area (Å²) in [7, 11) is 0. The van der Waals surface area contributed by atoms with Crippen LogP contribution in [0.1, 0.15) is 25.0 Å². The van der Waals surface area contributed by atoms with Gasteiger partial charge in [-0.2, -0.15) is 0 Å². The molecule has 21 heavy (non-hydrogen) atoms. The Hall–Kier alpha value is -1.68. The zero-order valence-electron chi connectivity index (χ0n) is 12.5.